The average molecular weight is 292 g/mol. The molecule has 1 aromatic heterocycles. The zero-order chi connectivity index (χ0) is 15.9. The minimum absolute atomic E-state index is 0.0972. The lowest BCUT2D eigenvalue weighted by atomic mass is 10.1. The van der Waals surface area contributed by atoms with Gasteiger partial charge in [-0.1, -0.05) is 23.8 Å². The molecule has 0 radical (unpaired) electrons. The number of rotatable bonds is 2. The number of aryl methyl sites for hydroxylation is 4. The van der Waals surface area contributed by atoms with E-state index < -0.39 is 0 Å². The van der Waals surface area contributed by atoms with Gasteiger partial charge in [-0.2, -0.15) is 0 Å². The van der Waals surface area contributed by atoms with Gasteiger partial charge in [0.2, 0.25) is 0 Å². The largest absolute Gasteiger partial charge is 0.350 e. The number of aromatic amines is 1. The highest BCUT2D eigenvalue weighted by atomic mass is 16.1. The van der Waals surface area contributed by atoms with Gasteiger partial charge in [0.25, 0.3) is 5.91 Å². The fourth-order valence-electron chi connectivity index (χ4n) is 2.72. The summed E-state index contributed by atoms with van der Waals surface area (Å²) in [7, 11) is 0. The Hall–Kier alpha value is -2.55. The molecule has 0 aliphatic heterocycles. The van der Waals surface area contributed by atoms with E-state index in [1.807, 2.05) is 51.1 Å². The van der Waals surface area contributed by atoms with Crippen molar-refractivity contribution in [2.75, 3.05) is 5.32 Å². The Morgan fingerprint density at radius 1 is 0.955 bits per heavy atom. The summed E-state index contributed by atoms with van der Waals surface area (Å²) in [6, 6.07) is 12.2. The first-order valence-corrected chi connectivity index (χ1v) is 7.43. The molecule has 0 unspecified atom stereocenters. The van der Waals surface area contributed by atoms with Gasteiger partial charge in [-0.3, -0.25) is 4.79 Å². The molecular formula is C19H20N2O. The standard InChI is InChI=1S/C19H20N2O/c1-11-6-8-16-15(9-11)14(4)18(20-16)19(22)21-17-10-12(2)5-7-13(17)3/h5-10,20H,1-4H3,(H,21,22). The third kappa shape index (κ3) is 2.50. The number of carbonyl (C=O) groups excluding carboxylic acids is 1. The Morgan fingerprint density at radius 2 is 1.64 bits per heavy atom. The quantitative estimate of drug-likeness (QED) is 0.709. The summed E-state index contributed by atoms with van der Waals surface area (Å²) < 4.78 is 0. The van der Waals surface area contributed by atoms with Crippen LogP contribution in [0.3, 0.4) is 0 Å². The van der Waals surface area contributed by atoms with Gasteiger partial charge >= 0.3 is 0 Å². The van der Waals surface area contributed by atoms with E-state index in [1.54, 1.807) is 0 Å². The number of fused-ring (bicyclic) bond motifs is 1. The van der Waals surface area contributed by atoms with Crippen LogP contribution in [0, 0.1) is 27.7 Å². The molecule has 0 atom stereocenters. The predicted molar refractivity (Wildman–Crippen MR) is 91.6 cm³/mol. The fourth-order valence-corrected chi connectivity index (χ4v) is 2.72. The molecule has 112 valence electrons. The maximum Gasteiger partial charge on any atom is 0.272 e. The number of hydrogen-bond donors (Lipinski definition) is 2. The van der Waals surface area contributed by atoms with Crippen LogP contribution in [0.5, 0.6) is 0 Å². The lowest BCUT2D eigenvalue weighted by molar-refractivity contribution is 0.102. The normalized spacial score (nSPS) is 10.9. The van der Waals surface area contributed by atoms with Crippen LogP contribution in [0.15, 0.2) is 36.4 Å². The molecule has 2 N–H and O–H groups in total. The van der Waals surface area contributed by atoms with Gasteiger partial charge in [0, 0.05) is 16.6 Å². The molecule has 3 nitrogen and oxygen atoms in total. The highest BCUT2D eigenvalue weighted by Gasteiger charge is 2.15. The number of anilines is 1. The second-order valence-electron chi connectivity index (χ2n) is 5.95. The number of aromatic nitrogens is 1. The summed E-state index contributed by atoms with van der Waals surface area (Å²) in [5.74, 6) is -0.0972. The SMILES string of the molecule is Cc1ccc(C)c(NC(=O)c2[nH]c3ccc(C)cc3c2C)c1. The van der Waals surface area contributed by atoms with Gasteiger partial charge in [0.05, 0.1) is 0 Å². The van der Waals surface area contributed by atoms with Crippen molar-refractivity contribution in [3.63, 3.8) is 0 Å². The minimum atomic E-state index is -0.0972. The molecule has 2 aromatic carbocycles. The maximum absolute atomic E-state index is 12.6. The number of carbonyl (C=O) groups is 1. The number of nitrogens with one attached hydrogen (secondary N) is 2. The molecule has 0 spiro atoms. The van der Waals surface area contributed by atoms with Crippen molar-refractivity contribution < 1.29 is 4.79 Å². The van der Waals surface area contributed by atoms with Crippen molar-refractivity contribution in [3.05, 3.63) is 64.3 Å². The van der Waals surface area contributed by atoms with Gasteiger partial charge in [0.15, 0.2) is 0 Å². The topological polar surface area (TPSA) is 44.9 Å². The first-order chi connectivity index (χ1) is 10.5. The summed E-state index contributed by atoms with van der Waals surface area (Å²) in [6.45, 7) is 8.06. The number of amides is 1. The van der Waals surface area contributed by atoms with Crippen LogP contribution in [-0.4, -0.2) is 10.9 Å². The van der Waals surface area contributed by atoms with Gasteiger partial charge in [-0.15, -0.1) is 0 Å². The lowest BCUT2D eigenvalue weighted by Crippen LogP contribution is -2.14. The van der Waals surface area contributed by atoms with Crippen LogP contribution in [-0.2, 0) is 0 Å². The zero-order valence-electron chi connectivity index (χ0n) is 13.4. The Kier molecular flexibility index (Phi) is 3.49. The van der Waals surface area contributed by atoms with E-state index in [9.17, 15) is 4.79 Å². The van der Waals surface area contributed by atoms with Gasteiger partial charge < -0.3 is 10.3 Å². The monoisotopic (exact) mass is 292 g/mol. The first-order valence-electron chi connectivity index (χ1n) is 7.43. The molecule has 1 heterocycles. The van der Waals surface area contributed by atoms with Crippen LogP contribution < -0.4 is 5.32 Å². The van der Waals surface area contributed by atoms with Gasteiger partial charge in [-0.05, 0) is 62.6 Å². The summed E-state index contributed by atoms with van der Waals surface area (Å²) in [4.78, 5) is 15.8. The molecule has 0 aliphatic rings. The summed E-state index contributed by atoms with van der Waals surface area (Å²) in [5.41, 5.74) is 6.85. The molecule has 0 bridgehead atoms. The molecule has 0 aliphatic carbocycles. The number of H-pyrrole nitrogens is 1. The second-order valence-corrected chi connectivity index (χ2v) is 5.95. The lowest BCUT2D eigenvalue weighted by Gasteiger charge is -2.09. The van der Waals surface area contributed by atoms with E-state index in [-0.39, 0.29) is 5.91 Å². The highest BCUT2D eigenvalue weighted by Crippen LogP contribution is 2.24. The molecule has 1 amide bonds. The van der Waals surface area contributed by atoms with Crippen LogP contribution >= 0.6 is 0 Å². The number of benzene rings is 2. The van der Waals surface area contributed by atoms with Crippen LogP contribution in [0.4, 0.5) is 5.69 Å². The summed E-state index contributed by atoms with van der Waals surface area (Å²) >= 11 is 0. The van der Waals surface area contributed by atoms with Gasteiger partial charge in [0.1, 0.15) is 5.69 Å². The third-order valence-electron chi connectivity index (χ3n) is 4.08. The van der Waals surface area contributed by atoms with Crippen molar-refractivity contribution >= 4 is 22.5 Å². The average Bonchev–Trinajstić information content (AvgIpc) is 2.80. The van der Waals surface area contributed by atoms with Crippen molar-refractivity contribution in [2.45, 2.75) is 27.7 Å². The van der Waals surface area contributed by atoms with E-state index in [0.717, 1.165) is 33.3 Å². The molecular weight excluding hydrogens is 272 g/mol. The van der Waals surface area contributed by atoms with Gasteiger partial charge in [-0.25, -0.2) is 0 Å². The highest BCUT2D eigenvalue weighted by molar-refractivity contribution is 6.08. The van der Waals surface area contributed by atoms with E-state index in [1.165, 1.54) is 5.56 Å². The van der Waals surface area contributed by atoms with E-state index in [2.05, 4.69) is 23.3 Å². The van der Waals surface area contributed by atoms with Crippen molar-refractivity contribution in [2.24, 2.45) is 0 Å². The Morgan fingerprint density at radius 3 is 2.41 bits per heavy atom. The summed E-state index contributed by atoms with van der Waals surface area (Å²) in [5, 5.41) is 4.12. The Balaban J connectivity index is 1.99. The Bertz CT molecular complexity index is 875. The van der Waals surface area contributed by atoms with Crippen LogP contribution in [0.25, 0.3) is 10.9 Å². The maximum atomic E-state index is 12.6. The van der Waals surface area contributed by atoms with Crippen molar-refractivity contribution in [3.8, 4) is 0 Å². The molecule has 0 saturated carbocycles. The molecule has 3 heteroatoms. The molecule has 0 fully saturated rings. The van der Waals surface area contributed by atoms with E-state index >= 15 is 0 Å². The third-order valence-corrected chi connectivity index (χ3v) is 4.08. The molecule has 3 aromatic rings. The van der Waals surface area contributed by atoms with Crippen molar-refractivity contribution in [1.29, 1.82) is 0 Å². The van der Waals surface area contributed by atoms with E-state index in [0.29, 0.717) is 5.69 Å². The first kappa shape index (κ1) is 14.4. The minimum Gasteiger partial charge on any atom is -0.350 e. The zero-order valence-corrected chi connectivity index (χ0v) is 13.4. The smallest absolute Gasteiger partial charge is 0.272 e. The van der Waals surface area contributed by atoms with Crippen LogP contribution in [0.1, 0.15) is 32.7 Å². The molecule has 0 saturated heterocycles. The van der Waals surface area contributed by atoms with Crippen LogP contribution in [0.2, 0.25) is 0 Å². The Labute approximate surface area is 130 Å². The predicted octanol–water partition coefficient (Wildman–Crippen LogP) is 4.65. The van der Waals surface area contributed by atoms with E-state index in [4.69, 9.17) is 0 Å². The van der Waals surface area contributed by atoms with Crippen molar-refractivity contribution in [1.82, 2.24) is 4.98 Å². The molecule has 3 rings (SSSR count). The summed E-state index contributed by atoms with van der Waals surface area (Å²) in [6.07, 6.45) is 0. The fraction of sp³-hybridized carbons (Fsp3) is 0.211. The number of hydrogen-bond acceptors (Lipinski definition) is 1. The second kappa shape index (κ2) is 5.34. The molecule has 22 heavy (non-hydrogen) atoms.